The standard InChI is InChI=1S/C37H39N3O6/c41-35(25-27-10-3-1-4-11-27)40(26-38-30-18-19-30)22-9-23-45-31-20-16-28(17-21-31)24-33(36(42)43)39-32-14-7-8-15-34(32)46-37(44)29-12-5-2-6-13-29/h1-8,10-17,20-21,30,33,38-39H,9,18-19,22-26H2,(H,42,43). The van der Waals surface area contributed by atoms with Crippen LogP contribution in [0.2, 0.25) is 0 Å². The van der Waals surface area contributed by atoms with E-state index in [1.54, 1.807) is 48.5 Å². The first kappa shape index (κ1) is 32.2. The highest BCUT2D eigenvalue weighted by atomic mass is 16.5. The lowest BCUT2D eigenvalue weighted by molar-refractivity contribution is -0.138. The van der Waals surface area contributed by atoms with E-state index < -0.39 is 18.0 Å². The van der Waals surface area contributed by atoms with Gasteiger partial charge in [-0.25, -0.2) is 9.59 Å². The first-order valence-corrected chi connectivity index (χ1v) is 15.6. The summed E-state index contributed by atoms with van der Waals surface area (Å²) in [6, 6.07) is 32.0. The molecule has 0 bridgehead atoms. The molecule has 1 aliphatic carbocycles. The zero-order valence-corrected chi connectivity index (χ0v) is 25.6. The minimum Gasteiger partial charge on any atom is -0.494 e. The van der Waals surface area contributed by atoms with Gasteiger partial charge in [0, 0.05) is 19.0 Å². The smallest absolute Gasteiger partial charge is 0.343 e. The van der Waals surface area contributed by atoms with Gasteiger partial charge in [-0.05, 0) is 66.8 Å². The number of ether oxygens (including phenoxy) is 2. The molecule has 46 heavy (non-hydrogen) atoms. The highest BCUT2D eigenvalue weighted by molar-refractivity contribution is 5.92. The Balaban J connectivity index is 1.11. The number of nitrogens with one attached hydrogen (secondary N) is 2. The molecule has 1 saturated carbocycles. The number of aliphatic carboxylic acids is 1. The van der Waals surface area contributed by atoms with Crippen molar-refractivity contribution in [3.8, 4) is 11.5 Å². The molecular weight excluding hydrogens is 582 g/mol. The van der Waals surface area contributed by atoms with Crippen molar-refractivity contribution in [3.63, 3.8) is 0 Å². The van der Waals surface area contributed by atoms with Gasteiger partial charge in [0.2, 0.25) is 5.91 Å². The summed E-state index contributed by atoms with van der Waals surface area (Å²) < 4.78 is 11.5. The molecular formula is C37H39N3O6. The van der Waals surface area contributed by atoms with E-state index in [0.717, 1.165) is 24.0 Å². The fourth-order valence-electron chi connectivity index (χ4n) is 4.90. The van der Waals surface area contributed by atoms with Gasteiger partial charge in [0.15, 0.2) is 5.75 Å². The average Bonchev–Trinajstić information content (AvgIpc) is 3.91. The summed E-state index contributed by atoms with van der Waals surface area (Å²) in [5.41, 5.74) is 2.60. The van der Waals surface area contributed by atoms with E-state index in [2.05, 4.69) is 10.6 Å². The molecule has 0 aliphatic heterocycles. The topological polar surface area (TPSA) is 117 Å². The minimum atomic E-state index is -1.04. The normalized spacial score (nSPS) is 13.0. The van der Waals surface area contributed by atoms with Crippen LogP contribution in [-0.4, -0.2) is 59.8 Å². The van der Waals surface area contributed by atoms with Crippen LogP contribution in [0.4, 0.5) is 5.69 Å². The van der Waals surface area contributed by atoms with E-state index in [1.807, 2.05) is 65.6 Å². The number of carboxylic acids is 1. The second-order valence-electron chi connectivity index (χ2n) is 11.3. The summed E-state index contributed by atoms with van der Waals surface area (Å²) in [4.78, 5) is 39.6. The Hall–Kier alpha value is -5.15. The molecule has 1 unspecified atom stereocenters. The predicted octanol–water partition coefficient (Wildman–Crippen LogP) is 5.56. The van der Waals surface area contributed by atoms with Crippen molar-refractivity contribution in [2.75, 3.05) is 25.1 Å². The second kappa shape index (κ2) is 16.2. The lowest BCUT2D eigenvalue weighted by Gasteiger charge is -2.23. The predicted molar refractivity (Wildman–Crippen MR) is 176 cm³/mol. The van der Waals surface area contributed by atoms with Crippen LogP contribution in [0.3, 0.4) is 0 Å². The number of hydrogen-bond acceptors (Lipinski definition) is 7. The summed E-state index contributed by atoms with van der Waals surface area (Å²) in [6.45, 7) is 1.55. The van der Waals surface area contributed by atoms with E-state index in [9.17, 15) is 19.5 Å². The van der Waals surface area contributed by atoms with Gasteiger partial charge in [-0.1, -0.05) is 72.8 Å². The summed E-state index contributed by atoms with van der Waals surface area (Å²) in [5.74, 6) is -0.567. The second-order valence-corrected chi connectivity index (χ2v) is 11.3. The fourth-order valence-corrected chi connectivity index (χ4v) is 4.90. The number of anilines is 1. The molecule has 9 heteroatoms. The lowest BCUT2D eigenvalue weighted by Crippen LogP contribution is -2.41. The Morgan fingerprint density at radius 3 is 2.20 bits per heavy atom. The molecule has 0 spiro atoms. The first-order valence-electron chi connectivity index (χ1n) is 15.6. The highest BCUT2D eigenvalue weighted by Crippen LogP contribution is 2.26. The van der Waals surface area contributed by atoms with Crippen molar-refractivity contribution in [1.29, 1.82) is 0 Å². The Bertz CT molecular complexity index is 1580. The van der Waals surface area contributed by atoms with Crippen LogP contribution < -0.4 is 20.1 Å². The van der Waals surface area contributed by atoms with Gasteiger partial charge in [-0.15, -0.1) is 0 Å². The van der Waals surface area contributed by atoms with Crippen LogP contribution in [0.25, 0.3) is 0 Å². The zero-order valence-electron chi connectivity index (χ0n) is 25.6. The number of esters is 1. The van der Waals surface area contributed by atoms with Crippen molar-refractivity contribution < 1.29 is 29.0 Å². The molecule has 238 valence electrons. The van der Waals surface area contributed by atoms with Crippen LogP contribution in [0.1, 0.15) is 40.7 Å². The van der Waals surface area contributed by atoms with Crippen LogP contribution in [0.5, 0.6) is 11.5 Å². The largest absolute Gasteiger partial charge is 0.494 e. The maximum absolute atomic E-state index is 13.0. The van der Waals surface area contributed by atoms with Crippen LogP contribution >= 0.6 is 0 Å². The van der Waals surface area contributed by atoms with Crippen LogP contribution in [-0.2, 0) is 22.4 Å². The maximum atomic E-state index is 13.0. The number of carboxylic acid groups (broad SMARTS) is 1. The number of hydrogen-bond donors (Lipinski definition) is 3. The molecule has 1 atom stereocenters. The number of nitrogens with zero attached hydrogens (tertiary/aromatic N) is 1. The van der Waals surface area contributed by atoms with E-state index in [0.29, 0.717) is 55.7 Å². The molecule has 4 aromatic rings. The molecule has 3 N–H and O–H groups in total. The number of amides is 1. The molecule has 1 aliphatic rings. The van der Waals surface area contributed by atoms with Gasteiger partial charge in [-0.3, -0.25) is 10.1 Å². The van der Waals surface area contributed by atoms with Gasteiger partial charge in [0.25, 0.3) is 0 Å². The average molecular weight is 622 g/mol. The molecule has 1 amide bonds. The number of carbonyl (C=O) groups is 3. The van der Waals surface area contributed by atoms with Crippen molar-refractivity contribution in [3.05, 3.63) is 126 Å². The highest BCUT2D eigenvalue weighted by Gasteiger charge is 2.23. The monoisotopic (exact) mass is 621 g/mol. The molecule has 5 rings (SSSR count). The van der Waals surface area contributed by atoms with Gasteiger partial charge >= 0.3 is 11.9 Å². The van der Waals surface area contributed by atoms with E-state index in [-0.39, 0.29) is 18.1 Å². The maximum Gasteiger partial charge on any atom is 0.343 e. The Morgan fingerprint density at radius 1 is 0.826 bits per heavy atom. The molecule has 1 fully saturated rings. The zero-order chi connectivity index (χ0) is 32.1. The van der Waals surface area contributed by atoms with Gasteiger partial charge in [0.05, 0.1) is 30.9 Å². The minimum absolute atomic E-state index is 0.0854. The Morgan fingerprint density at radius 2 is 1.50 bits per heavy atom. The SMILES string of the molecule is O=C(Oc1ccccc1NC(Cc1ccc(OCCCN(CNC2CC2)C(=O)Cc2ccccc2)cc1)C(=O)O)c1ccccc1. The molecule has 0 saturated heterocycles. The quantitative estimate of drug-likeness (QED) is 0.0607. The summed E-state index contributed by atoms with van der Waals surface area (Å²) >= 11 is 0. The van der Waals surface area contributed by atoms with Gasteiger partial charge < -0.3 is 24.8 Å². The van der Waals surface area contributed by atoms with Crippen molar-refractivity contribution >= 4 is 23.5 Å². The third kappa shape index (κ3) is 9.93. The van der Waals surface area contributed by atoms with Gasteiger partial charge in [0.1, 0.15) is 11.8 Å². The number of benzene rings is 4. The Kier molecular flexibility index (Phi) is 11.4. The van der Waals surface area contributed by atoms with Crippen LogP contribution in [0, 0.1) is 0 Å². The number of carbonyl (C=O) groups excluding carboxylic acids is 2. The molecule has 0 radical (unpaired) electrons. The Labute approximate surface area is 269 Å². The molecule has 9 nitrogen and oxygen atoms in total. The van der Waals surface area contributed by atoms with Gasteiger partial charge in [-0.2, -0.15) is 0 Å². The first-order chi connectivity index (χ1) is 22.4. The van der Waals surface area contributed by atoms with Crippen molar-refractivity contribution in [2.24, 2.45) is 0 Å². The summed E-state index contributed by atoms with van der Waals surface area (Å²) in [7, 11) is 0. The molecule has 4 aromatic carbocycles. The third-order valence-electron chi connectivity index (χ3n) is 7.63. The van der Waals surface area contributed by atoms with Crippen LogP contribution in [0.15, 0.2) is 109 Å². The number of para-hydroxylation sites is 2. The third-order valence-corrected chi connectivity index (χ3v) is 7.63. The summed E-state index contributed by atoms with van der Waals surface area (Å²) in [5, 5.41) is 16.4. The van der Waals surface area contributed by atoms with E-state index in [1.165, 1.54) is 0 Å². The van der Waals surface area contributed by atoms with Crippen molar-refractivity contribution in [1.82, 2.24) is 10.2 Å². The molecule has 0 heterocycles. The lowest BCUT2D eigenvalue weighted by atomic mass is 10.1. The van der Waals surface area contributed by atoms with E-state index in [4.69, 9.17) is 9.47 Å². The summed E-state index contributed by atoms with van der Waals surface area (Å²) in [6.07, 6.45) is 3.55. The number of rotatable bonds is 17. The molecule has 0 aromatic heterocycles. The van der Waals surface area contributed by atoms with E-state index >= 15 is 0 Å². The fraction of sp³-hybridized carbons (Fsp3) is 0.270. The van der Waals surface area contributed by atoms with Crippen molar-refractivity contribution in [2.45, 2.75) is 44.2 Å².